The lowest BCUT2D eigenvalue weighted by molar-refractivity contribution is 0.413. The molecule has 1 rings (SSSR count). The zero-order valence-corrected chi connectivity index (χ0v) is 11.6. The molecule has 1 atom stereocenters. The molecule has 0 spiro atoms. The fourth-order valence-electron chi connectivity index (χ4n) is 1.96. The quantitative estimate of drug-likeness (QED) is 0.738. The zero-order valence-electron chi connectivity index (χ0n) is 11.6. The number of unbranched alkanes of at least 4 members (excludes halogenated alkanes) is 1. The number of benzene rings is 1. The zero-order chi connectivity index (χ0) is 13.4. The Hall–Kier alpha value is -1.25. The van der Waals surface area contributed by atoms with Crippen LogP contribution in [0.1, 0.15) is 39.5 Å². The van der Waals surface area contributed by atoms with Crippen LogP contribution in [0.25, 0.3) is 0 Å². The Morgan fingerprint density at radius 3 is 2.72 bits per heavy atom. The molecular formula is C15H24FNO. The van der Waals surface area contributed by atoms with Crippen LogP contribution in [0.5, 0.6) is 5.75 Å². The van der Waals surface area contributed by atoms with Crippen molar-refractivity contribution in [3.63, 3.8) is 0 Å². The second-order valence-corrected chi connectivity index (χ2v) is 4.64. The Morgan fingerprint density at radius 1 is 1.33 bits per heavy atom. The molecule has 2 nitrogen and oxygen atoms in total. The minimum atomic E-state index is -0.221. The molecule has 0 saturated carbocycles. The molecule has 1 N–H and O–H groups in total. The normalized spacial score (nSPS) is 12.2. The predicted molar refractivity (Wildman–Crippen MR) is 74.7 cm³/mol. The lowest BCUT2D eigenvalue weighted by Crippen LogP contribution is -2.14. The van der Waals surface area contributed by atoms with E-state index in [2.05, 4.69) is 19.2 Å². The highest BCUT2D eigenvalue weighted by molar-refractivity contribution is 5.49. The second-order valence-electron chi connectivity index (χ2n) is 4.64. The van der Waals surface area contributed by atoms with E-state index in [-0.39, 0.29) is 5.82 Å². The molecule has 0 heterocycles. The van der Waals surface area contributed by atoms with Gasteiger partial charge in [-0.2, -0.15) is 0 Å². The van der Waals surface area contributed by atoms with E-state index in [1.54, 1.807) is 19.2 Å². The van der Waals surface area contributed by atoms with Crippen molar-refractivity contribution in [2.75, 3.05) is 19.0 Å². The summed E-state index contributed by atoms with van der Waals surface area (Å²) in [6.45, 7) is 5.20. The first-order valence-electron chi connectivity index (χ1n) is 6.78. The van der Waals surface area contributed by atoms with E-state index in [4.69, 9.17) is 4.74 Å². The molecule has 18 heavy (non-hydrogen) atoms. The molecule has 0 fully saturated rings. The third-order valence-corrected chi connectivity index (χ3v) is 3.30. The van der Waals surface area contributed by atoms with Crippen LogP contribution >= 0.6 is 0 Å². The van der Waals surface area contributed by atoms with Crippen LogP contribution < -0.4 is 10.1 Å². The fourth-order valence-corrected chi connectivity index (χ4v) is 1.96. The van der Waals surface area contributed by atoms with Crippen molar-refractivity contribution >= 4 is 5.69 Å². The average Bonchev–Trinajstić information content (AvgIpc) is 2.40. The number of ether oxygens (including phenoxy) is 1. The van der Waals surface area contributed by atoms with Crippen LogP contribution in [-0.2, 0) is 0 Å². The third kappa shape index (κ3) is 4.55. The summed E-state index contributed by atoms with van der Waals surface area (Å²) in [5.74, 6) is 1.07. The molecule has 0 aliphatic rings. The Morgan fingerprint density at radius 2 is 2.11 bits per heavy atom. The van der Waals surface area contributed by atoms with E-state index in [9.17, 15) is 4.39 Å². The maximum Gasteiger partial charge on any atom is 0.146 e. The van der Waals surface area contributed by atoms with Crippen LogP contribution in [-0.4, -0.2) is 13.7 Å². The number of halogens is 1. The van der Waals surface area contributed by atoms with Gasteiger partial charge >= 0.3 is 0 Å². The van der Waals surface area contributed by atoms with Crippen LogP contribution in [0.2, 0.25) is 0 Å². The van der Waals surface area contributed by atoms with Gasteiger partial charge in [0.1, 0.15) is 11.6 Å². The molecule has 1 unspecified atom stereocenters. The van der Waals surface area contributed by atoms with Gasteiger partial charge in [-0.05, 0) is 24.5 Å². The summed E-state index contributed by atoms with van der Waals surface area (Å²) in [4.78, 5) is 0. The van der Waals surface area contributed by atoms with Crippen LogP contribution in [0.4, 0.5) is 10.1 Å². The summed E-state index contributed by atoms with van der Waals surface area (Å²) >= 11 is 0. The van der Waals surface area contributed by atoms with E-state index in [1.807, 2.05) is 0 Å². The first-order chi connectivity index (χ1) is 8.71. The van der Waals surface area contributed by atoms with Gasteiger partial charge < -0.3 is 10.1 Å². The maximum absolute atomic E-state index is 13.6. The fraction of sp³-hybridized carbons (Fsp3) is 0.600. The molecule has 1 aromatic rings. The number of nitrogens with one attached hydrogen (secondary N) is 1. The summed E-state index contributed by atoms with van der Waals surface area (Å²) < 4.78 is 18.7. The van der Waals surface area contributed by atoms with Crippen molar-refractivity contribution in [1.82, 2.24) is 0 Å². The van der Waals surface area contributed by atoms with Crippen molar-refractivity contribution in [1.29, 1.82) is 0 Å². The van der Waals surface area contributed by atoms with Crippen molar-refractivity contribution in [2.45, 2.75) is 39.5 Å². The molecule has 0 aromatic heterocycles. The summed E-state index contributed by atoms with van der Waals surface area (Å²) in [5, 5.41) is 3.19. The number of hydrogen-bond acceptors (Lipinski definition) is 2. The van der Waals surface area contributed by atoms with Gasteiger partial charge in [0.25, 0.3) is 0 Å². The Balaban J connectivity index is 2.55. The van der Waals surface area contributed by atoms with E-state index >= 15 is 0 Å². The molecule has 1 aromatic carbocycles. The monoisotopic (exact) mass is 253 g/mol. The standard InChI is InChI=1S/C15H24FNO/c1-4-6-7-12(5-2)11-17-15-10-13(18-3)8-9-14(15)16/h8-10,12,17H,4-7,11H2,1-3H3. The van der Waals surface area contributed by atoms with Crippen molar-refractivity contribution in [3.8, 4) is 5.75 Å². The second kappa shape index (κ2) is 7.96. The first kappa shape index (κ1) is 14.8. The average molecular weight is 253 g/mol. The van der Waals surface area contributed by atoms with Crippen molar-refractivity contribution in [3.05, 3.63) is 24.0 Å². The van der Waals surface area contributed by atoms with E-state index in [1.165, 1.54) is 25.3 Å². The molecule has 0 aliphatic heterocycles. The Kier molecular flexibility index (Phi) is 6.55. The molecule has 0 amide bonds. The third-order valence-electron chi connectivity index (χ3n) is 3.30. The van der Waals surface area contributed by atoms with Gasteiger partial charge in [-0.1, -0.05) is 33.1 Å². The maximum atomic E-state index is 13.6. The van der Waals surface area contributed by atoms with Crippen LogP contribution in [0.3, 0.4) is 0 Å². The molecule has 102 valence electrons. The lowest BCUT2D eigenvalue weighted by Gasteiger charge is -2.16. The Bertz CT molecular complexity index is 354. The van der Waals surface area contributed by atoms with Crippen molar-refractivity contribution in [2.24, 2.45) is 5.92 Å². The van der Waals surface area contributed by atoms with Gasteiger partial charge in [0.15, 0.2) is 0 Å². The van der Waals surface area contributed by atoms with Gasteiger partial charge in [0.2, 0.25) is 0 Å². The summed E-state index contributed by atoms with van der Waals surface area (Å²) in [6, 6.07) is 4.78. The summed E-state index contributed by atoms with van der Waals surface area (Å²) in [6.07, 6.45) is 4.77. The molecule has 3 heteroatoms. The minimum Gasteiger partial charge on any atom is -0.497 e. The SMILES string of the molecule is CCCCC(CC)CNc1cc(OC)ccc1F. The number of rotatable bonds is 8. The molecule has 0 bridgehead atoms. The van der Waals surface area contributed by atoms with Gasteiger partial charge in [-0.3, -0.25) is 0 Å². The minimum absolute atomic E-state index is 0.221. The van der Waals surface area contributed by atoms with Gasteiger partial charge in [-0.15, -0.1) is 0 Å². The van der Waals surface area contributed by atoms with E-state index in [0.29, 0.717) is 17.4 Å². The van der Waals surface area contributed by atoms with Crippen molar-refractivity contribution < 1.29 is 9.13 Å². The summed E-state index contributed by atoms with van der Waals surface area (Å²) in [7, 11) is 1.59. The van der Waals surface area contributed by atoms with Gasteiger partial charge in [0.05, 0.1) is 12.8 Å². The first-order valence-corrected chi connectivity index (χ1v) is 6.78. The molecule has 0 aliphatic carbocycles. The topological polar surface area (TPSA) is 21.3 Å². The highest BCUT2D eigenvalue weighted by Gasteiger charge is 2.08. The van der Waals surface area contributed by atoms with E-state index in [0.717, 1.165) is 13.0 Å². The molecule has 0 radical (unpaired) electrons. The lowest BCUT2D eigenvalue weighted by atomic mass is 9.99. The smallest absolute Gasteiger partial charge is 0.146 e. The van der Waals surface area contributed by atoms with Gasteiger partial charge in [0, 0.05) is 12.6 Å². The van der Waals surface area contributed by atoms with Crippen LogP contribution in [0, 0.1) is 11.7 Å². The van der Waals surface area contributed by atoms with E-state index < -0.39 is 0 Å². The number of hydrogen-bond donors (Lipinski definition) is 1. The number of methoxy groups -OCH3 is 1. The largest absolute Gasteiger partial charge is 0.497 e. The van der Waals surface area contributed by atoms with Gasteiger partial charge in [-0.25, -0.2) is 4.39 Å². The predicted octanol–water partition coefficient (Wildman–Crippen LogP) is 4.46. The van der Waals surface area contributed by atoms with Crippen LogP contribution in [0.15, 0.2) is 18.2 Å². The highest BCUT2D eigenvalue weighted by Crippen LogP contribution is 2.22. The molecular weight excluding hydrogens is 229 g/mol. The Labute approximate surface area is 110 Å². The summed E-state index contributed by atoms with van der Waals surface area (Å²) in [5.41, 5.74) is 0.532. The highest BCUT2D eigenvalue weighted by atomic mass is 19.1. The molecule has 0 saturated heterocycles. The number of anilines is 1.